The number of aryl methyl sites for hydroxylation is 1. The summed E-state index contributed by atoms with van der Waals surface area (Å²) in [6, 6.07) is 5.85. The summed E-state index contributed by atoms with van der Waals surface area (Å²) >= 11 is 0. The van der Waals surface area contributed by atoms with Gasteiger partial charge in [-0.25, -0.2) is 0 Å². The summed E-state index contributed by atoms with van der Waals surface area (Å²) in [5, 5.41) is 3.93. The summed E-state index contributed by atoms with van der Waals surface area (Å²) in [5.74, 6) is 2.12. The minimum atomic E-state index is 0.690. The fraction of sp³-hybridized carbons (Fsp3) is 0.333. The summed E-state index contributed by atoms with van der Waals surface area (Å²) in [4.78, 5) is 4.57. The van der Waals surface area contributed by atoms with Gasteiger partial charge in [0, 0.05) is 18.2 Å². The van der Waals surface area contributed by atoms with Gasteiger partial charge >= 0.3 is 0 Å². The molecule has 5 heteroatoms. The standard InChI is InChI=1S/C15H16N2O3/c1-9-6-14(20-17-9)15-11-8-13(19-3)12(18-2)7-10(11)4-5-16-15/h6-8H,4-5H2,1-3H3. The Morgan fingerprint density at radius 1 is 1.10 bits per heavy atom. The Hall–Kier alpha value is -2.30. The van der Waals surface area contributed by atoms with Gasteiger partial charge < -0.3 is 14.0 Å². The highest BCUT2D eigenvalue weighted by Crippen LogP contribution is 2.33. The molecule has 2 heterocycles. The van der Waals surface area contributed by atoms with Crippen molar-refractivity contribution in [1.29, 1.82) is 0 Å². The van der Waals surface area contributed by atoms with Crippen LogP contribution in [0.25, 0.3) is 0 Å². The Balaban J connectivity index is 2.12. The largest absolute Gasteiger partial charge is 0.493 e. The molecule has 0 bridgehead atoms. The number of hydrogen-bond acceptors (Lipinski definition) is 5. The van der Waals surface area contributed by atoms with Gasteiger partial charge in [-0.3, -0.25) is 4.99 Å². The highest BCUT2D eigenvalue weighted by Gasteiger charge is 2.22. The van der Waals surface area contributed by atoms with Gasteiger partial charge in [0.2, 0.25) is 0 Å². The molecule has 1 aliphatic rings. The van der Waals surface area contributed by atoms with Gasteiger partial charge in [-0.15, -0.1) is 0 Å². The Morgan fingerprint density at radius 2 is 1.85 bits per heavy atom. The number of ether oxygens (including phenoxy) is 2. The predicted octanol–water partition coefficient (Wildman–Crippen LogP) is 2.39. The zero-order valence-electron chi connectivity index (χ0n) is 11.8. The molecule has 0 N–H and O–H groups in total. The molecule has 104 valence electrons. The maximum Gasteiger partial charge on any atom is 0.185 e. The fourth-order valence-electron chi connectivity index (χ4n) is 2.41. The topological polar surface area (TPSA) is 56.9 Å². The van der Waals surface area contributed by atoms with E-state index in [0.717, 1.165) is 35.7 Å². The molecular formula is C15H16N2O3. The van der Waals surface area contributed by atoms with Crippen LogP contribution in [-0.4, -0.2) is 31.6 Å². The van der Waals surface area contributed by atoms with Crippen molar-refractivity contribution in [1.82, 2.24) is 5.16 Å². The van der Waals surface area contributed by atoms with Crippen molar-refractivity contribution >= 4 is 5.71 Å². The first-order valence-corrected chi connectivity index (χ1v) is 6.46. The molecule has 1 aliphatic heterocycles. The lowest BCUT2D eigenvalue weighted by atomic mass is 9.95. The second-order valence-electron chi connectivity index (χ2n) is 4.68. The van der Waals surface area contributed by atoms with Gasteiger partial charge in [-0.2, -0.15) is 0 Å². The number of hydrogen-bond donors (Lipinski definition) is 0. The maximum atomic E-state index is 5.37. The molecule has 0 unspecified atom stereocenters. The number of methoxy groups -OCH3 is 2. The summed E-state index contributed by atoms with van der Waals surface area (Å²) in [6.07, 6.45) is 0.881. The van der Waals surface area contributed by atoms with Crippen LogP contribution in [0.15, 0.2) is 27.7 Å². The lowest BCUT2D eigenvalue weighted by Gasteiger charge is -2.18. The van der Waals surface area contributed by atoms with Crippen LogP contribution in [-0.2, 0) is 6.42 Å². The average Bonchev–Trinajstić information content (AvgIpc) is 2.91. The highest BCUT2D eigenvalue weighted by molar-refractivity contribution is 6.13. The van der Waals surface area contributed by atoms with E-state index in [0.29, 0.717) is 11.5 Å². The van der Waals surface area contributed by atoms with Crippen LogP contribution in [0.1, 0.15) is 22.6 Å². The number of fused-ring (bicyclic) bond motifs is 1. The first kappa shape index (κ1) is 12.7. The SMILES string of the molecule is COc1cc2c(cc1OC)C(c1cc(C)no1)=NCC2. The molecule has 0 atom stereocenters. The molecule has 0 radical (unpaired) electrons. The Kier molecular flexibility index (Phi) is 3.18. The van der Waals surface area contributed by atoms with Crippen LogP contribution < -0.4 is 9.47 Å². The summed E-state index contributed by atoms with van der Waals surface area (Å²) < 4.78 is 16.1. The van der Waals surface area contributed by atoms with Crippen molar-refractivity contribution in [2.75, 3.05) is 20.8 Å². The van der Waals surface area contributed by atoms with E-state index in [4.69, 9.17) is 14.0 Å². The van der Waals surface area contributed by atoms with E-state index in [1.54, 1.807) is 14.2 Å². The Bertz CT molecular complexity index is 674. The van der Waals surface area contributed by atoms with E-state index < -0.39 is 0 Å². The monoisotopic (exact) mass is 272 g/mol. The average molecular weight is 272 g/mol. The van der Waals surface area contributed by atoms with Gasteiger partial charge in [-0.05, 0) is 31.0 Å². The number of rotatable bonds is 3. The van der Waals surface area contributed by atoms with Crippen molar-refractivity contribution < 1.29 is 14.0 Å². The van der Waals surface area contributed by atoms with Gasteiger partial charge in [0.25, 0.3) is 0 Å². The molecule has 0 aliphatic carbocycles. The number of aromatic nitrogens is 1. The Morgan fingerprint density at radius 3 is 2.50 bits per heavy atom. The number of aliphatic imine (C=N–C) groups is 1. The first-order valence-electron chi connectivity index (χ1n) is 6.46. The quantitative estimate of drug-likeness (QED) is 0.861. The molecule has 1 aromatic carbocycles. The lowest BCUT2D eigenvalue weighted by Crippen LogP contribution is -2.14. The molecular weight excluding hydrogens is 256 g/mol. The van der Waals surface area contributed by atoms with Gasteiger partial charge in [0.15, 0.2) is 17.3 Å². The van der Waals surface area contributed by atoms with Crippen molar-refractivity contribution in [3.05, 3.63) is 40.8 Å². The van der Waals surface area contributed by atoms with E-state index in [-0.39, 0.29) is 0 Å². The van der Waals surface area contributed by atoms with Crippen LogP contribution in [0.2, 0.25) is 0 Å². The third-order valence-electron chi connectivity index (χ3n) is 3.38. The zero-order chi connectivity index (χ0) is 14.1. The van der Waals surface area contributed by atoms with Gasteiger partial charge in [-0.1, -0.05) is 5.16 Å². The summed E-state index contributed by atoms with van der Waals surface area (Å²) in [6.45, 7) is 2.63. The molecule has 3 rings (SSSR count). The van der Waals surface area contributed by atoms with E-state index in [1.807, 2.05) is 25.1 Å². The molecule has 5 nitrogen and oxygen atoms in total. The lowest BCUT2D eigenvalue weighted by molar-refractivity contribution is 0.354. The third kappa shape index (κ3) is 2.05. The van der Waals surface area contributed by atoms with E-state index in [9.17, 15) is 0 Å². The molecule has 0 saturated carbocycles. The van der Waals surface area contributed by atoms with Crippen LogP contribution in [0.4, 0.5) is 0 Å². The van der Waals surface area contributed by atoms with Crippen LogP contribution >= 0.6 is 0 Å². The third-order valence-corrected chi connectivity index (χ3v) is 3.38. The number of nitrogens with zero attached hydrogens (tertiary/aromatic N) is 2. The highest BCUT2D eigenvalue weighted by atomic mass is 16.5. The molecule has 0 saturated heterocycles. The zero-order valence-corrected chi connectivity index (χ0v) is 11.8. The minimum Gasteiger partial charge on any atom is -0.493 e. The predicted molar refractivity (Wildman–Crippen MR) is 75.0 cm³/mol. The minimum absolute atomic E-state index is 0.690. The van der Waals surface area contributed by atoms with Crippen LogP contribution in [0.5, 0.6) is 11.5 Å². The van der Waals surface area contributed by atoms with E-state index in [1.165, 1.54) is 5.56 Å². The van der Waals surface area contributed by atoms with Crippen LogP contribution in [0, 0.1) is 6.92 Å². The number of benzene rings is 1. The summed E-state index contributed by atoms with van der Waals surface area (Å²) in [7, 11) is 3.27. The molecule has 1 aromatic heterocycles. The normalized spacial score (nSPS) is 13.7. The van der Waals surface area contributed by atoms with Crippen molar-refractivity contribution in [3.63, 3.8) is 0 Å². The summed E-state index contributed by atoms with van der Waals surface area (Å²) in [5.41, 5.74) is 3.87. The van der Waals surface area contributed by atoms with Crippen molar-refractivity contribution in [2.24, 2.45) is 4.99 Å². The van der Waals surface area contributed by atoms with Crippen molar-refractivity contribution in [2.45, 2.75) is 13.3 Å². The van der Waals surface area contributed by atoms with E-state index >= 15 is 0 Å². The molecule has 0 spiro atoms. The molecule has 20 heavy (non-hydrogen) atoms. The fourth-order valence-corrected chi connectivity index (χ4v) is 2.41. The second-order valence-corrected chi connectivity index (χ2v) is 4.68. The van der Waals surface area contributed by atoms with E-state index in [2.05, 4.69) is 10.1 Å². The first-order chi connectivity index (χ1) is 9.72. The van der Waals surface area contributed by atoms with Gasteiger partial charge in [0.1, 0.15) is 5.71 Å². The molecule has 0 fully saturated rings. The van der Waals surface area contributed by atoms with Crippen molar-refractivity contribution in [3.8, 4) is 11.5 Å². The molecule has 2 aromatic rings. The second kappa shape index (κ2) is 5.00. The Labute approximate surface area is 117 Å². The van der Waals surface area contributed by atoms with Crippen LogP contribution in [0.3, 0.4) is 0 Å². The molecule has 0 amide bonds. The smallest absolute Gasteiger partial charge is 0.185 e. The maximum absolute atomic E-state index is 5.37. The van der Waals surface area contributed by atoms with Gasteiger partial charge in [0.05, 0.1) is 19.9 Å².